The molecule has 2 aromatic rings. The van der Waals surface area contributed by atoms with Gasteiger partial charge in [-0.2, -0.15) is 0 Å². The monoisotopic (exact) mass is 744 g/mol. The van der Waals surface area contributed by atoms with Crippen molar-refractivity contribution in [2.75, 3.05) is 13.7 Å². The molecule has 0 aromatic carbocycles. The second-order valence-corrected chi connectivity index (χ2v) is 16.8. The molecule has 2 aromatic heterocycles. The number of methoxy groups -OCH3 is 1. The number of rotatable bonds is 9. The summed E-state index contributed by atoms with van der Waals surface area (Å²) >= 11 is 1.38. The summed E-state index contributed by atoms with van der Waals surface area (Å²) in [6.07, 6.45) is 6.96. The maximum absolute atomic E-state index is 14.5. The van der Waals surface area contributed by atoms with E-state index < -0.39 is 68.7 Å². The van der Waals surface area contributed by atoms with Gasteiger partial charge in [-0.05, 0) is 50.4 Å². The molecule has 7 atom stereocenters. The van der Waals surface area contributed by atoms with Crippen LogP contribution < -0.4 is 24.8 Å². The van der Waals surface area contributed by atoms with Gasteiger partial charge in [-0.1, -0.05) is 32.4 Å². The molecule has 276 valence electrons. The van der Waals surface area contributed by atoms with Crippen LogP contribution in [0.4, 0.5) is 4.79 Å². The smallest absolute Gasteiger partial charge is 0.405 e. The number of thiazole rings is 1. The van der Waals surface area contributed by atoms with Gasteiger partial charge in [0.2, 0.25) is 27.7 Å². The van der Waals surface area contributed by atoms with Gasteiger partial charge < -0.3 is 30.1 Å². The Balaban J connectivity index is 1.34. The third-order valence-electron chi connectivity index (χ3n) is 10.2. The molecule has 4 amide bonds. The van der Waals surface area contributed by atoms with Gasteiger partial charge in [-0.15, -0.1) is 11.3 Å². The average molecular weight is 745 g/mol. The average Bonchev–Trinajstić information content (AvgIpc) is 3.95. The first-order valence-corrected chi connectivity index (χ1v) is 19.7. The molecule has 0 radical (unpaired) electrons. The number of allylic oxidation sites excluding steroid dienone is 1. The number of pyridine rings is 1. The Kier molecular flexibility index (Phi) is 10.6. The zero-order chi connectivity index (χ0) is 36.5. The number of nitrogens with zero attached hydrogens (tertiary/aromatic N) is 3. The highest BCUT2D eigenvalue weighted by molar-refractivity contribution is 7.91. The predicted octanol–water partition coefficient (Wildman–Crippen LogP) is 3.08. The lowest BCUT2D eigenvalue weighted by molar-refractivity contribution is -0.142. The standard InChI is InChI=1S/C34H44N6O9S2/c1-4-20-13-19(2)7-5-6-8-21-17-34(21,32(43)39-51(46,47)24-9-10-24)38-29(41)26-15-23(18-40(26)31(42)28(20)37-33(44)45)49-22-14-25(30-35-11-12-50-30)36-27(16-22)48-3/h6,8,11-12,14,16,19-21,23-24,26,28,37H,4-5,7,9-10,13,15,17-18H2,1-3H3,(H,38,41)(H,39,43)(H,44,45)/b8-6-/t19-,20-,21-,23-,26+,28+,34?/m1/s1. The van der Waals surface area contributed by atoms with Crippen LogP contribution in [0.3, 0.4) is 0 Å². The van der Waals surface area contributed by atoms with Crippen molar-refractivity contribution in [2.24, 2.45) is 17.8 Å². The predicted molar refractivity (Wildman–Crippen MR) is 186 cm³/mol. The maximum Gasteiger partial charge on any atom is 0.405 e. The van der Waals surface area contributed by atoms with Gasteiger partial charge in [0.05, 0.1) is 18.9 Å². The number of carboxylic acid groups (broad SMARTS) is 1. The first-order chi connectivity index (χ1) is 24.3. The van der Waals surface area contributed by atoms with E-state index in [0.29, 0.717) is 48.6 Å². The lowest BCUT2D eigenvalue weighted by atomic mass is 9.85. The Hall–Kier alpha value is -4.25. The van der Waals surface area contributed by atoms with Gasteiger partial charge in [0.15, 0.2) is 0 Å². The van der Waals surface area contributed by atoms with Crippen LogP contribution in [0, 0.1) is 17.8 Å². The lowest BCUT2D eigenvalue weighted by Gasteiger charge is -2.33. The number of ether oxygens (including phenoxy) is 2. The number of carbonyl (C=O) groups excluding carboxylic acids is 3. The molecule has 4 aliphatic rings. The number of fused-ring (bicyclic) bond motifs is 2. The highest BCUT2D eigenvalue weighted by Gasteiger charge is 2.62. The van der Waals surface area contributed by atoms with Crippen LogP contribution >= 0.6 is 11.3 Å². The summed E-state index contributed by atoms with van der Waals surface area (Å²) in [7, 11) is -2.44. The summed E-state index contributed by atoms with van der Waals surface area (Å²) in [4.78, 5) is 64.6. The molecule has 1 saturated heterocycles. The molecule has 4 heterocycles. The summed E-state index contributed by atoms with van der Waals surface area (Å²) < 4.78 is 39.5. The number of carbonyl (C=O) groups is 4. The van der Waals surface area contributed by atoms with Crippen molar-refractivity contribution < 1.29 is 42.2 Å². The van der Waals surface area contributed by atoms with E-state index in [0.717, 1.165) is 6.42 Å². The van der Waals surface area contributed by atoms with Crippen LogP contribution in [-0.4, -0.2) is 94.8 Å². The molecule has 15 nitrogen and oxygen atoms in total. The van der Waals surface area contributed by atoms with Gasteiger partial charge in [0, 0.05) is 36.0 Å². The van der Waals surface area contributed by atoms with Crippen LogP contribution in [-0.2, 0) is 24.4 Å². The molecule has 17 heteroatoms. The molecule has 0 spiro atoms. The van der Waals surface area contributed by atoms with E-state index in [4.69, 9.17) is 9.47 Å². The van der Waals surface area contributed by atoms with Crippen molar-refractivity contribution >= 4 is 45.2 Å². The minimum absolute atomic E-state index is 0.0142. The van der Waals surface area contributed by atoms with Crippen molar-refractivity contribution in [3.63, 3.8) is 0 Å². The Bertz CT molecular complexity index is 1780. The van der Waals surface area contributed by atoms with E-state index in [1.807, 2.05) is 31.4 Å². The molecule has 1 unspecified atom stereocenters. The molecule has 0 bridgehead atoms. The summed E-state index contributed by atoms with van der Waals surface area (Å²) in [5, 5.41) is 16.9. The first kappa shape index (κ1) is 36.5. The van der Waals surface area contributed by atoms with Crippen molar-refractivity contribution in [1.29, 1.82) is 0 Å². The maximum atomic E-state index is 14.5. The van der Waals surface area contributed by atoms with E-state index >= 15 is 0 Å². The Labute approximate surface area is 300 Å². The molecule has 6 rings (SSSR count). The van der Waals surface area contributed by atoms with E-state index in [2.05, 4.69) is 25.3 Å². The topological polar surface area (TPSA) is 206 Å². The van der Waals surface area contributed by atoms with E-state index in [1.54, 1.807) is 18.3 Å². The quantitative estimate of drug-likeness (QED) is 0.275. The zero-order valence-electron chi connectivity index (χ0n) is 28.7. The molecular formula is C34H44N6O9S2. The largest absolute Gasteiger partial charge is 0.488 e. The lowest BCUT2D eigenvalue weighted by Crippen LogP contribution is -2.59. The SMILES string of the molecule is CC[C@@H]1C[C@H](C)CC/C=C\[C@@H]2CC2(C(=O)NS(=O)(=O)C2CC2)NC(=O)[C@@H]2C[C@@H](Oc3cc(OC)nc(-c4nccs4)c3)CN2C(=O)[C@H]1NC(=O)O. The van der Waals surface area contributed by atoms with Crippen LogP contribution in [0.5, 0.6) is 11.6 Å². The van der Waals surface area contributed by atoms with Gasteiger partial charge in [-0.3, -0.25) is 19.1 Å². The molecule has 4 N–H and O–H groups in total. The van der Waals surface area contributed by atoms with Crippen LogP contribution in [0.2, 0.25) is 0 Å². The summed E-state index contributed by atoms with van der Waals surface area (Å²) in [6.45, 7) is 3.89. The fourth-order valence-corrected chi connectivity index (χ4v) is 9.12. The number of nitrogens with one attached hydrogen (secondary N) is 3. The highest BCUT2D eigenvalue weighted by atomic mass is 32.2. The minimum atomic E-state index is -3.90. The number of hydrogen-bond acceptors (Lipinski definition) is 11. The van der Waals surface area contributed by atoms with E-state index in [1.165, 1.54) is 23.3 Å². The van der Waals surface area contributed by atoms with Crippen LogP contribution in [0.25, 0.3) is 10.7 Å². The second kappa shape index (κ2) is 14.8. The molecule has 51 heavy (non-hydrogen) atoms. The number of amides is 4. The zero-order valence-corrected chi connectivity index (χ0v) is 30.4. The van der Waals surface area contributed by atoms with Gasteiger partial charge >= 0.3 is 6.09 Å². The number of aromatic nitrogens is 2. The Morgan fingerprint density at radius 3 is 2.65 bits per heavy atom. The summed E-state index contributed by atoms with van der Waals surface area (Å²) in [5.74, 6) is -2.09. The molecular weight excluding hydrogens is 701 g/mol. The second-order valence-electron chi connectivity index (χ2n) is 13.9. The third-order valence-corrected chi connectivity index (χ3v) is 12.8. The number of sulfonamides is 1. The molecule has 3 fully saturated rings. The number of hydrogen-bond donors (Lipinski definition) is 4. The van der Waals surface area contributed by atoms with Crippen LogP contribution in [0.15, 0.2) is 35.9 Å². The normalized spacial score (nSPS) is 30.5. The van der Waals surface area contributed by atoms with E-state index in [-0.39, 0.29) is 37.1 Å². The molecule has 2 aliphatic heterocycles. The minimum Gasteiger partial charge on any atom is -0.488 e. The van der Waals surface area contributed by atoms with Crippen molar-refractivity contribution in [3.8, 4) is 22.3 Å². The van der Waals surface area contributed by atoms with E-state index in [9.17, 15) is 32.7 Å². The van der Waals surface area contributed by atoms with Gasteiger partial charge in [0.25, 0.3) is 5.91 Å². The summed E-state index contributed by atoms with van der Waals surface area (Å²) in [5.41, 5.74) is -1.02. The van der Waals surface area contributed by atoms with Crippen molar-refractivity contribution in [1.82, 2.24) is 30.2 Å². The molecule has 2 aliphatic carbocycles. The Morgan fingerprint density at radius 2 is 1.98 bits per heavy atom. The Morgan fingerprint density at radius 1 is 1.20 bits per heavy atom. The third kappa shape index (κ3) is 8.14. The fraction of sp³-hybridized carbons (Fsp3) is 0.588. The van der Waals surface area contributed by atoms with Gasteiger partial charge in [-0.25, -0.2) is 23.2 Å². The molecule has 2 saturated carbocycles. The van der Waals surface area contributed by atoms with Gasteiger partial charge in [0.1, 0.15) is 40.2 Å². The van der Waals surface area contributed by atoms with Crippen molar-refractivity contribution in [3.05, 3.63) is 35.9 Å². The summed E-state index contributed by atoms with van der Waals surface area (Å²) in [6, 6.07) is 0.970. The highest BCUT2D eigenvalue weighted by Crippen LogP contribution is 2.46. The first-order valence-electron chi connectivity index (χ1n) is 17.3. The van der Waals surface area contributed by atoms with Crippen molar-refractivity contribution in [2.45, 2.75) is 94.2 Å². The fourth-order valence-electron chi connectivity index (χ4n) is 7.16. The van der Waals surface area contributed by atoms with Crippen LogP contribution in [0.1, 0.15) is 65.2 Å².